The number of carbonyl (C=O) groups excluding carboxylic acids is 1. The Kier molecular flexibility index (Phi) is 13.0. The molecule has 0 saturated carbocycles. The summed E-state index contributed by atoms with van der Waals surface area (Å²) < 4.78 is 70.1. The van der Waals surface area contributed by atoms with E-state index in [0.717, 1.165) is 63.4 Å². The number of para-hydroxylation sites is 1. The fraction of sp³-hybridized carbons (Fsp3) is 0.517. The van der Waals surface area contributed by atoms with Crippen LogP contribution in [0.2, 0.25) is 0 Å². The summed E-state index contributed by atoms with van der Waals surface area (Å²) in [6.07, 6.45) is -4.83. The zero-order valence-electron chi connectivity index (χ0n) is 24.2. The highest BCUT2D eigenvalue weighted by atomic mass is 19.4. The summed E-state index contributed by atoms with van der Waals surface area (Å²) in [5, 5.41) is 14.2. The van der Waals surface area contributed by atoms with Crippen LogP contribution < -0.4 is 4.74 Å². The molecule has 1 atom stereocenters. The molecule has 15 heteroatoms. The Labute approximate surface area is 250 Å². The monoisotopic (exact) mass is 635 g/mol. The molecule has 2 aliphatic heterocycles. The van der Waals surface area contributed by atoms with Gasteiger partial charge in [-0.25, -0.2) is 9.59 Å². The van der Waals surface area contributed by atoms with Crippen molar-refractivity contribution in [3.8, 4) is 5.75 Å². The van der Waals surface area contributed by atoms with Gasteiger partial charge in [0.1, 0.15) is 11.4 Å². The number of aliphatic carboxylic acids is 2. The summed E-state index contributed by atoms with van der Waals surface area (Å²) in [5.74, 6) is -4.06. The lowest BCUT2D eigenvalue weighted by atomic mass is 9.76. The maximum absolute atomic E-state index is 12.9. The standard InChI is InChI=1S/C25H33N3O2.2C2HF3O2/c1-3-28(4-2)24(29)17-20-18-25(30-23-11-6-5-10-22(20)23)12-15-27(16-13-25)19-21-9-7-8-14-26-21;2*3-2(4,5)1(6)7/h5-11,14,20H,3-4,12-13,15-19H2,1-2H3;2*(H,6,7). The molecule has 2 aromatic rings. The topological polar surface area (TPSA) is 120 Å². The molecule has 0 aliphatic carbocycles. The highest BCUT2D eigenvalue weighted by Gasteiger charge is 2.44. The first-order chi connectivity index (χ1) is 20.5. The van der Waals surface area contributed by atoms with Gasteiger partial charge in [0.05, 0.1) is 5.69 Å². The number of aromatic nitrogens is 1. The summed E-state index contributed by atoms with van der Waals surface area (Å²) in [6, 6.07) is 14.4. The number of piperidine rings is 1. The largest absolute Gasteiger partial charge is 0.490 e. The molecule has 1 aromatic carbocycles. The Morgan fingerprint density at radius 1 is 0.932 bits per heavy atom. The van der Waals surface area contributed by atoms with E-state index in [9.17, 15) is 31.1 Å². The van der Waals surface area contributed by atoms with Gasteiger partial charge in [0.15, 0.2) is 0 Å². The van der Waals surface area contributed by atoms with Gasteiger partial charge in [-0.3, -0.25) is 14.7 Å². The number of rotatable bonds is 6. The lowest BCUT2D eigenvalue weighted by Gasteiger charge is -2.47. The van der Waals surface area contributed by atoms with Crippen molar-refractivity contribution in [2.24, 2.45) is 0 Å². The second-order valence-electron chi connectivity index (χ2n) is 10.2. The van der Waals surface area contributed by atoms with Crippen LogP contribution in [0.1, 0.15) is 56.7 Å². The van der Waals surface area contributed by atoms with Gasteiger partial charge >= 0.3 is 24.3 Å². The number of amides is 1. The Morgan fingerprint density at radius 2 is 1.45 bits per heavy atom. The first kappa shape index (κ1) is 36.3. The predicted octanol–water partition coefficient (Wildman–Crippen LogP) is 5.51. The van der Waals surface area contributed by atoms with Gasteiger partial charge in [0.2, 0.25) is 5.91 Å². The predicted molar refractivity (Wildman–Crippen MR) is 146 cm³/mol. The van der Waals surface area contributed by atoms with Crippen LogP contribution in [0.15, 0.2) is 48.7 Å². The van der Waals surface area contributed by atoms with Crippen LogP contribution in [0, 0.1) is 0 Å². The molecule has 1 saturated heterocycles. The number of carboxylic acids is 2. The number of alkyl halides is 6. The van der Waals surface area contributed by atoms with E-state index in [1.807, 2.05) is 29.3 Å². The highest BCUT2D eigenvalue weighted by molar-refractivity contribution is 5.77. The molecule has 2 N–H and O–H groups in total. The number of nitrogens with zero attached hydrogens (tertiary/aromatic N) is 3. The van der Waals surface area contributed by atoms with Crippen molar-refractivity contribution >= 4 is 17.8 Å². The molecule has 4 rings (SSSR count). The van der Waals surface area contributed by atoms with E-state index in [1.54, 1.807) is 0 Å². The average Bonchev–Trinajstić information content (AvgIpc) is 2.95. The lowest BCUT2D eigenvalue weighted by molar-refractivity contribution is -0.193. The summed E-state index contributed by atoms with van der Waals surface area (Å²) in [6.45, 7) is 8.53. The second-order valence-corrected chi connectivity index (χ2v) is 10.2. The van der Waals surface area contributed by atoms with Crippen LogP contribution in [0.4, 0.5) is 26.3 Å². The number of carboxylic acid groups (broad SMARTS) is 2. The zero-order chi connectivity index (χ0) is 33.1. The fourth-order valence-electron chi connectivity index (χ4n) is 4.99. The van der Waals surface area contributed by atoms with Gasteiger partial charge in [-0.05, 0) is 56.9 Å². The fourth-order valence-corrected chi connectivity index (χ4v) is 4.99. The third-order valence-electron chi connectivity index (χ3n) is 7.20. The number of benzene rings is 1. The van der Waals surface area contributed by atoms with Gasteiger partial charge in [-0.15, -0.1) is 0 Å². The minimum Gasteiger partial charge on any atom is -0.487 e. The molecule has 0 radical (unpaired) electrons. The van der Waals surface area contributed by atoms with Crippen molar-refractivity contribution in [2.75, 3.05) is 26.2 Å². The van der Waals surface area contributed by atoms with Crippen LogP contribution >= 0.6 is 0 Å². The van der Waals surface area contributed by atoms with Crippen molar-refractivity contribution in [1.82, 2.24) is 14.8 Å². The van der Waals surface area contributed by atoms with Gasteiger partial charge in [-0.1, -0.05) is 24.3 Å². The molecule has 3 heterocycles. The van der Waals surface area contributed by atoms with E-state index >= 15 is 0 Å². The first-order valence-corrected chi connectivity index (χ1v) is 13.8. The third-order valence-corrected chi connectivity index (χ3v) is 7.20. The number of pyridine rings is 1. The van der Waals surface area contributed by atoms with Gasteiger partial charge in [0, 0.05) is 51.3 Å². The number of likely N-dealkylation sites (tertiary alicyclic amines) is 1. The Bertz CT molecular complexity index is 1210. The van der Waals surface area contributed by atoms with Crippen LogP contribution in [0.25, 0.3) is 0 Å². The second kappa shape index (κ2) is 15.7. The molecule has 1 amide bonds. The third kappa shape index (κ3) is 11.0. The maximum Gasteiger partial charge on any atom is 0.490 e. The number of fused-ring (bicyclic) bond motifs is 1. The molecule has 2 aliphatic rings. The van der Waals surface area contributed by atoms with Crippen LogP contribution in [0.3, 0.4) is 0 Å². The van der Waals surface area contributed by atoms with Crippen LogP contribution in [0.5, 0.6) is 5.75 Å². The normalized spacial score (nSPS) is 17.5. The number of halogens is 6. The van der Waals surface area contributed by atoms with Crippen LogP contribution in [-0.4, -0.2) is 87.0 Å². The molecule has 1 spiro atoms. The van der Waals surface area contributed by atoms with E-state index in [-0.39, 0.29) is 17.4 Å². The quantitative estimate of drug-likeness (QED) is 0.399. The average molecular weight is 636 g/mol. The smallest absolute Gasteiger partial charge is 0.487 e. The summed E-state index contributed by atoms with van der Waals surface area (Å²) in [4.78, 5) is 39.6. The van der Waals surface area contributed by atoms with E-state index in [4.69, 9.17) is 24.5 Å². The minimum atomic E-state index is -5.08. The van der Waals surface area contributed by atoms with E-state index in [0.29, 0.717) is 6.42 Å². The van der Waals surface area contributed by atoms with Crippen molar-refractivity contribution in [1.29, 1.82) is 0 Å². The maximum atomic E-state index is 12.9. The summed E-state index contributed by atoms with van der Waals surface area (Å²) in [7, 11) is 0. The first-order valence-electron chi connectivity index (χ1n) is 13.8. The van der Waals surface area contributed by atoms with Crippen molar-refractivity contribution in [2.45, 2.75) is 69.9 Å². The number of carbonyl (C=O) groups is 3. The van der Waals surface area contributed by atoms with E-state index in [2.05, 4.69) is 48.0 Å². The Hall–Kier alpha value is -3.88. The van der Waals surface area contributed by atoms with Crippen LogP contribution in [-0.2, 0) is 20.9 Å². The van der Waals surface area contributed by atoms with Gasteiger partial charge < -0.3 is 19.8 Å². The van der Waals surface area contributed by atoms with Gasteiger partial charge in [0.25, 0.3) is 0 Å². The van der Waals surface area contributed by atoms with E-state index < -0.39 is 24.3 Å². The zero-order valence-corrected chi connectivity index (χ0v) is 24.2. The Morgan fingerprint density at radius 3 is 1.93 bits per heavy atom. The highest BCUT2D eigenvalue weighted by Crippen LogP contribution is 2.46. The Balaban J connectivity index is 0.000000402. The SMILES string of the molecule is CCN(CC)C(=O)CC1CC2(CCN(Cc3ccccn3)CC2)Oc2ccccc21.O=C(O)C(F)(F)F.O=C(O)C(F)(F)F. The summed E-state index contributed by atoms with van der Waals surface area (Å²) >= 11 is 0. The molecule has 244 valence electrons. The molecular weight excluding hydrogens is 600 g/mol. The lowest BCUT2D eigenvalue weighted by Crippen LogP contribution is -2.50. The number of hydrogen-bond donors (Lipinski definition) is 2. The van der Waals surface area contributed by atoms with Crippen molar-refractivity contribution < 1.29 is 55.7 Å². The molecule has 1 fully saturated rings. The number of hydrogen-bond acceptors (Lipinski definition) is 6. The molecule has 1 unspecified atom stereocenters. The van der Waals surface area contributed by atoms with E-state index in [1.165, 1.54) is 5.56 Å². The van der Waals surface area contributed by atoms with Crippen molar-refractivity contribution in [3.63, 3.8) is 0 Å². The number of ether oxygens (including phenoxy) is 1. The molecular formula is C29H35F6N3O6. The summed E-state index contributed by atoms with van der Waals surface area (Å²) in [5.41, 5.74) is 2.15. The van der Waals surface area contributed by atoms with Crippen molar-refractivity contribution in [3.05, 3.63) is 59.9 Å². The minimum absolute atomic E-state index is 0.164. The van der Waals surface area contributed by atoms with Gasteiger partial charge in [-0.2, -0.15) is 26.3 Å². The molecule has 44 heavy (non-hydrogen) atoms. The molecule has 0 bridgehead atoms. The molecule has 9 nitrogen and oxygen atoms in total. The molecule has 1 aromatic heterocycles.